The molecule has 0 aliphatic rings. The molecule has 0 aliphatic heterocycles. The Morgan fingerprint density at radius 1 is 0.262 bits per heavy atom. The molecule has 732 valence electrons. The molecule has 0 aromatic carbocycles. The maximum absolute atomic E-state index is 11.6. The van der Waals surface area contributed by atoms with Gasteiger partial charge in [0.15, 0.2) is 0 Å². The van der Waals surface area contributed by atoms with Gasteiger partial charge >= 0.3 is 182 Å². The number of aliphatic hydroxyl groups is 3. The number of rotatable bonds is 46. The van der Waals surface area contributed by atoms with Gasteiger partial charge in [-0.25, -0.2) is 0 Å². The molecule has 8 N–H and O–H groups in total. The quantitative estimate of drug-likeness (QED) is 0.0161. The van der Waals surface area contributed by atoms with Crippen molar-refractivity contribution in [2.75, 3.05) is 106 Å². The van der Waals surface area contributed by atoms with E-state index in [1.54, 1.807) is 111 Å². The predicted molar refractivity (Wildman–Crippen MR) is 466 cm³/mol. The first-order valence-electron chi connectivity index (χ1n) is 42.6. The van der Waals surface area contributed by atoms with Crippen molar-refractivity contribution in [3.8, 4) is 0 Å². The first-order valence-corrected chi connectivity index (χ1v) is 42.6. The number of aliphatic hydroxyl groups excluding tert-OH is 3. The van der Waals surface area contributed by atoms with Crippen molar-refractivity contribution in [1.82, 2.24) is 5.32 Å². The normalized spacial score (nSPS) is 11.2. The summed E-state index contributed by atoms with van der Waals surface area (Å²) in [7, 11) is 0. The minimum Gasteiger partial charge on any atom is -0.550 e. The molecule has 0 fully saturated rings. The van der Waals surface area contributed by atoms with Gasteiger partial charge in [0.2, 0.25) is 5.91 Å². The summed E-state index contributed by atoms with van der Waals surface area (Å²) in [4.78, 5) is 127. The van der Waals surface area contributed by atoms with Gasteiger partial charge in [-0.3, -0.25) is 38.4 Å². The maximum Gasteiger partial charge on any atom is 1.00 e. The SMILES string of the molecule is CCC(C)(C)C(=O)O.CCC(C)(C)C(=O)O.CCC(C)(C)C(=O)O.CCC(C)(C)C(=O)O.CCC(C)(C)C(=O)OCCOCCO.CCC(C)(C)C(=O)OCCOCCO.CCC(C)(C)C(=O)OCCOCCOCCOCCO.CCC(C)(C)C(=O)[O-].CCC(C)(C)C(=O)[O-].CCC(C)(C)C(=O)[O-].CCC(C)(C)C(=O)[O-].CCC(C)C(=O)NC(C)C.[K+].[Na+].[Na+].[Na+]. The Bertz CT molecular complexity index is 2410. The van der Waals surface area contributed by atoms with Crippen molar-refractivity contribution >= 4 is 71.6 Å². The van der Waals surface area contributed by atoms with Crippen molar-refractivity contribution < 1.29 is 292 Å². The zero-order chi connectivity index (χ0) is 99.7. The summed E-state index contributed by atoms with van der Waals surface area (Å²) in [5.41, 5.74) is -6.05. The predicted octanol–water partition coefficient (Wildman–Crippen LogP) is -0.751. The summed E-state index contributed by atoms with van der Waals surface area (Å²) in [6.07, 6.45) is 8.38. The van der Waals surface area contributed by atoms with Crippen molar-refractivity contribution in [2.45, 2.75) is 339 Å². The Kier molecular flexibility index (Phi) is 114. The number of carbonyl (C=O) groups excluding carboxylic acids is 8. The molecule has 0 aliphatic carbocycles. The largest absolute Gasteiger partial charge is 1.00 e. The van der Waals surface area contributed by atoms with E-state index in [0.717, 1.165) is 25.7 Å². The molecular weight excluding hydrogens is 1700 g/mol. The Balaban J connectivity index is -0.0000000757. The van der Waals surface area contributed by atoms with Gasteiger partial charge in [-0.05, 0) is 188 Å². The molecule has 0 heterocycles. The third-order valence-corrected chi connectivity index (χ3v) is 20.2. The summed E-state index contributed by atoms with van der Waals surface area (Å²) in [5.74, 6) is -7.05. The van der Waals surface area contributed by atoms with Crippen molar-refractivity contribution in [3.05, 3.63) is 0 Å². The molecule has 0 saturated heterocycles. The molecule has 0 radical (unpaired) electrons. The fourth-order valence-corrected chi connectivity index (χ4v) is 4.33. The third kappa shape index (κ3) is 99.4. The van der Waals surface area contributed by atoms with Gasteiger partial charge in [0, 0.05) is 57.5 Å². The van der Waals surface area contributed by atoms with Crippen molar-refractivity contribution in [1.29, 1.82) is 0 Å². The molecule has 32 nitrogen and oxygen atoms in total. The van der Waals surface area contributed by atoms with Crippen LogP contribution >= 0.6 is 0 Å². The number of carbonyl (C=O) groups is 12. The van der Waals surface area contributed by atoms with Crippen molar-refractivity contribution in [3.63, 3.8) is 0 Å². The molecule has 0 aromatic heterocycles. The first kappa shape index (κ1) is 161. The summed E-state index contributed by atoms with van der Waals surface area (Å²) in [6.45, 7) is 71.3. The first-order chi connectivity index (χ1) is 55.2. The van der Waals surface area contributed by atoms with Crippen LogP contribution in [0.3, 0.4) is 0 Å². The molecule has 0 bridgehead atoms. The number of carboxylic acids is 8. The van der Waals surface area contributed by atoms with E-state index in [1.807, 2.05) is 145 Å². The van der Waals surface area contributed by atoms with E-state index in [1.165, 1.54) is 0 Å². The van der Waals surface area contributed by atoms with Gasteiger partial charge < -0.3 is 119 Å². The van der Waals surface area contributed by atoms with Crippen LogP contribution in [-0.4, -0.2) is 219 Å². The fourth-order valence-electron chi connectivity index (χ4n) is 4.33. The van der Waals surface area contributed by atoms with Crippen LogP contribution in [0.5, 0.6) is 0 Å². The van der Waals surface area contributed by atoms with E-state index in [0.29, 0.717) is 104 Å². The zero-order valence-electron chi connectivity index (χ0n) is 86.9. The zero-order valence-corrected chi connectivity index (χ0v) is 96.0. The van der Waals surface area contributed by atoms with Crippen LogP contribution < -0.4 is 166 Å². The Hall–Kier alpha value is -2.04. The summed E-state index contributed by atoms with van der Waals surface area (Å²) in [6, 6.07) is 0.265. The number of ether oxygens (including phenoxy) is 8. The minimum atomic E-state index is -0.972. The van der Waals surface area contributed by atoms with E-state index in [2.05, 4.69) is 5.32 Å². The number of aliphatic carboxylic acids is 8. The second kappa shape index (κ2) is 89.5. The second-order valence-corrected chi connectivity index (χ2v) is 35.6. The van der Waals surface area contributed by atoms with Crippen LogP contribution in [0.25, 0.3) is 0 Å². The molecule has 1 amide bonds. The van der Waals surface area contributed by atoms with Crippen LogP contribution in [-0.2, 0) is 95.4 Å². The number of hydrogen-bond donors (Lipinski definition) is 8. The van der Waals surface area contributed by atoms with Crippen molar-refractivity contribution in [2.24, 2.45) is 65.5 Å². The molecule has 0 aromatic rings. The summed E-state index contributed by atoms with van der Waals surface area (Å²) >= 11 is 0. The average molecular weight is 1880 g/mol. The Labute approximate surface area is 870 Å². The number of amides is 1. The molecule has 1 atom stereocenters. The molecule has 0 saturated carbocycles. The topological polar surface area (TPSA) is 525 Å². The molecule has 0 spiro atoms. The van der Waals surface area contributed by atoms with E-state index < -0.39 is 107 Å². The summed E-state index contributed by atoms with van der Waals surface area (Å²) < 4.78 is 40.6. The molecular formula is C90H177KNNa3O31. The number of hydrogen-bond acceptors (Lipinski definition) is 27. The smallest absolute Gasteiger partial charge is 0.550 e. The Morgan fingerprint density at radius 2 is 0.405 bits per heavy atom. The van der Waals surface area contributed by atoms with Gasteiger partial charge in [-0.2, -0.15) is 0 Å². The monoisotopic (exact) mass is 1880 g/mol. The third-order valence-electron chi connectivity index (χ3n) is 20.2. The van der Waals surface area contributed by atoms with Gasteiger partial charge in [-0.15, -0.1) is 0 Å². The van der Waals surface area contributed by atoms with Gasteiger partial charge in [0.1, 0.15) is 19.8 Å². The van der Waals surface area contributed by atoms with E-state index in [4.69, 9.17) is 73.6 Å². The van der Waals surface area contributed by atoms with Crippen LogP contribution in [0.4, 0.5) is 0 Å². The number of carboxylic acid groups (broad SMARTS) is 8. The fraction of sp³-hybridized carbons (Fsp3) is 0.867. The van der Waals surface area contributed by atoms with E-state index >= 15 is 0 Å². The van der Waals surface area contributed by atoms with Crippen LogP contribution in [0.15, 0.2) is 0 Å². The van der Waals surface area contributed by atoms with Crippen LogP contribution in [0.2, 0.25) is 0 Å². The minimum absolute atomic E-state index is 0. The second-order valence-electron chi connectivity index (χ2n) is 35.6. The van der Waals surface area contributed by atoms with Crippen LogP contribution in [0, 0.1) is 65.5 Å². The Morgan fingerprint density at radius 3 is 0.500 bits per heavy atom. The molecule has 0 rings (SSSR count). The van der Waals surface area contributed by atoms with E-state index in [9.17, 15) is 78.0 Å². The van der Waals surface area contributed by atoms with E-state index in [-0.39, 0.29) is 229 Å². The molecule has 36 heteroatoms. The van der Waals surface area contributed by atoms with Gasteiger partial charge in [0.05, 0.1) is 124 Å². The van der Waals surface area contributed by atoms with Gasteiger partial charge in [-0.1, -0.05) is 145 Å². The molecule has 1 unspecified atom stereocenters. The molecule has 126 heavy (non-hydrogen) atoms. The van der Waals surface area contributed by atoms with Gasteiger partial charge in [0.25, 0.3) is 0 Å². The standard InChI is InChI=1S/C14H28O6.2C10H20O4.C8H17NO.8C6H12O2.K.3Na/c1-4-14(2,3)13(16)20-12-11-19-10-9-18-8-7-17-6-5-15;2*1-4-10(2,3)9(12)14-8-7-13-6-5-11;1-5-7(4)8(10)9-6(2)3;8*1-4-6(2,3)5(7)8;;;;/h15H,4-12H2,1-3H3;2*11H,4-8H2,1-3H3;6-7H,5H2,1-4H3,(H,9,10);8*4H2,1-3H3,(H,7,8);;;;/q;;;;;;;;;;;;4*+1/p-4. The summed E-state index contributed by atoms with van der Waals surface area (Å²) in [5, 5.41) is 102. The maximum atomic E-state index is 11.6. The number of nitrogens with one attached hydrogen (secondary N) is 1. The van der Waals surface area contributed by atoms with Crippen LogP contribution in [0.1, 0.15) is 333 Å². The average Bonchev–Trinajstić information content (AvgIpc) is 0.891. The number of esters is 3.